The molecule has 3 rings (SSSR count). The Hall–Kier alpha value is -2.04. The van der Waals surface area contributed by atoms with Gasteiger partial charge in [-0.25, -0.2) is 4.79 Å². The standard InChI is InChI=1S/C13H18N4O6/c1-6(18)20-5-7-9-10(23-13(2,3)22-9)11(21-7)17-12(19)16-8(14)4-15-17/h4,7,9-11H,5H2,1-3H3,(H2,14,16,19). The van der Waals surface area contributed by atoms with Crippen molar-refractivity contribution in [3.8, 4) is 0 Å². The molecule has 1 aromatic heterocycles. The zero-order chi connectivity index (χ0) is 16.8. The van der Waals surface area contributed by atoms with Crippen LogP contribution in [0.2, 0.25) is 0 Å². The third kappa shape index (κ3) is 3.05. The minimum atomic E-state index is -0.851. The lowest BCUT2D eigenvalue weighted by atomic mass is 10.1. The van der Waals surface area contributed by atoms with Crippen LogP contribution in [0, 0.1) is 0 Å². The van der Waals surface area contributed by atoms with Crippen molar-refractivity contribution in [1.29, 1.82) is 0 Å². The predicted molar refractivity (Wildman–Crippen MR) is 75.1 cm³/mol. The van der Waals surface area contributed by atoms with Crippen LogP contribution in [0.1, 0.15) is 27.0 Å². The van der Waals surface area contributed by atoms with E-state index in [1.165, 1.54) is 13.1 Å². The summed E-state index contributed by atoms with van der Waals surface area (Å²) in [6.07, 6.45) is -1.26. The van der Waals surface area contributed by atoms with Gasteiger partial charge < -0.3 is 24.7 Å². The lowest BCUT2D eigenvalue weighted by Gasteiger charge is -2.24. The highest BCUT2D eigenvalue weighted by molar-refractivity contribution is 5.65. The number of esters is 1. The molecule has 2 saturated heterocycles. The van der Waals surface area contributed by atoms with Crippen LogP contribution in [-0.2, 0) is 23.7 Å². The molecular weight excluding hydrogens is 308 g/mol. The van der Waals surface area contributed by atoms with Crippen molar-refractivity contribution in [3.05, 3.63) is 16.7 Å². The fourth-order valence-corrected chi connectivity index (χ4v) is 2.73. The van der Waals surface area contributed by atoms with Gasteiger partial charge in [-0.3, -0.25) is 4.79 Å². The second-order valence-corrected chi connectivity index (χ2v) is 5.84. The number of ether oxygens (including phenoxy) is 4. The van der Waals surface area contributed by atoms with Crippen molar-refractivity contribution in [1.82, 2.24) is 14.8 Å². The van der Waals surface area contributed by atoms with Gasteiger partial charge in [-0.2, -0.15) is 14.8 Å². The number of nitrogen functional groups attached to an aromatic ring is 1. The molecule has 0 aromatic carbocycles. The van der Waals surface area contributed by atoms with Gasteiger partial charge in [0.05, 0.1) is 6.20 Å². The topological polar surface area (TPSA) is 128 Å². The first-order valence-electron chi connectivity index (χ1n) is 7.12. The third-order valence-corrected chi connectivity index (χ3v) is 3.55. The van der Waals surface area contributed by atoms with E-state index < -0.39 is 42.0 Å². The quantitative estimate of drug-likeness (QED) is 0.710. The van der Waals surface area contributed by atoms with Gasteiger partial charge in [0.25, 0.3) is 0 Å². The van der Waals surface area contributed by atoms with Gasteiger partial charge >= 0.3 is 11.7 Å². The largest absolute Gasteiger partial charge is 0.463 e. The van der Waals surface area contributed by atoms with Crippen LogP contribution >= 0.6 is 0 Å². The highest BCUT2D eigenvalue weighted by Crippen LogP contribution is 2.42. The number of nitrogens with two attached hydrogens (primary N) is 1. The lowest BCUT2D eigenvalue weighted by Crippen LogP contribution is -2.36. The van der Waals surface area contributed by atoms with Gasteiger partial charge in [0.15, 0.2) is 12.0 Å². The molecule has 0 amide bonds. The van der Waals surface area contributed by atoms with Gasteiger partial charge in [-0.15, -0.1) is 0 Å². The maximum absolute atomic E-state index is 12.0. The van der Waals surface area contributed by atoms with Crippen molar-refractivity contribution in [2.75, 3.05) is 12.3 Å². The molecule has 0 saturated carbocycles. The highest BCUT2D eigenvalue weighted by Gasteiger charge is 2.56. The average Bonchev–Trinajstić information content (AvgIpc) is 2.90. The number of aromatic nitrogens is 3. The van der Waals surface area contributed by atoms with Crippen LogP contribution in [0.5, 0.6) is 0 Å². The van der Waals surface area contributed by atoms with E-state index in [4.69, 9.17) is 24.7 Å². The maximum atomic E-state index is 12.0. The van der Waals surface area contributed by atoms with Crippen LogP contribution in [0.15, 0.2) is 11.0 Å². The van der Waals surface area contributed by atoms with Crippen LogP contribution in [0.4, 0.5) is 5.82 Å². The summed E-state index contributed by atoms with van der Waals surface area (Å²) < 4.78 is 23.4. The summed E-state index contributed by atoms with van der Waals surface area (Å²) >= 11 is 0. The first-order chi connectivity index (χ1) is 10.8. The second kappa shape index (κ2) is 5.55. The number of carbonyl (C=O) groups excluding carboxylic acids is 1. The van der Waals surface area contributed by atoms with Crippen molar-refractivity contribution < 1.29 is 23.7 Å². The molecule has 2 aliphatic rings. The Bertz CT molecular complexity index is 675. The van der Waals surface area contributed by atoms with Gasteiger partial charge in [-0.05, 0) is 13.8 Å². The van der Waals surface area contributed by atoms with Crippen molar-refractivity contribution in [3.63, 3.8) is 0 Å². The molecule has 126 valence electrons. The van der Waals surface area contributed by atoms with Crippen LogP contribution in [0.3, 0.4) is 0 Å². The summed E-state index contributed by atoms with van der Waals surface area (Å²) in [6, 6.07) is 0. The van der Waals surface area contributed by atoms with Gasteiger partial charge in [0.1, 0.15) is 30.7 Å². The average molecular weight is 326 g/mol. The molecule has 1 aromatic rings. The fourth-order valence-electron chi connectivity index (χ4n) is 2.73. The Morgan fingerprint density at radius 2 is 2.13 bits per heavy atom. The molecule has 3 heterocycles. The van der Waals surface area contributed by atoms with Gasteiger partial charge in [0.2, 0.25) is 0 Å². The van der Waals surface area contributed by atoms with Gasteiger partial charge in [0, 0.05) is 6.92 Å². The number of fused-ring (bicyclic) bond motifs is 1. The van der Waals surface area contributed by atoms with E-state index in [1.54, 1.807) is 13.8 Å². The first kappa shape index (κ1) is 15.8. The van der Waals surface area contributed by atoms with Crippen molar-refractivity contribution in [2.24, 2.45) is 0 Å². The van der Waals surface area contributed by atoms with Crippen LogP contribution in [-0.4, -0.2) is 51.4 Å². The molecule has 0 radical (unpaired) electrons. The molecule has 10 nitrogen and oxygen atoms in total. The Balaban J connectivity index is 1.88. The summed E-state index contributed by atoms with van der Waals surface area (Å²) in [7, 11) is 0. The normalized spacial score (nSPS) is 31.8. The number of hydrogen-bond acceptors (Lipinski definition) is 9. The highest BCUT2D eigenvalue weighted by atomic mass is 16.8. The predicted octanol–water partition coefficient (Wildman–Crippen LogP) is -0.799. The van der Waals surface area contributed by atoms with E-state index in [2.05, 4.69) is 10.1 Å². The Morgan fingerprint density at radius 3 is 2.78 bits per heavy atom. The molecule has 4 unspecified atom stereocenters. The number of anilines is 1. The summed E-state index contributed by atoms with van der Waals surface area (Å²) in [4.78, 5) is 26.6. The molecule has 2 fully saturated rings. The molecule has 10 heteroatoms. The lowest BCUT2D eigenvalue weighted by molar-refractivity contribution is -0.204. The van der Waals surface area contributed by atoms with E-state index in [9.17, 15) is 9.59 Å². The minimum Gasteiger partial charge on any atom is -0.463 e. The first-order valence-corrected chi connectivity index (χ1v) is 7.12. The minimum absolute atomic E-state index is 0.0103. The second-order valence-electron chi connectivity index (χ2n) is 5.84. The monoisotopic (exact) mass is 326 g/mol. The van der Waals surface area contributed by atoms with E-state index in [0.29, 0.717) is 0 Å². The Labute approximate surface area is 131 Å². The molecule has 2 N–H and O–H groups in total. The van der Waals surface area contributed by atoms with E-state index >= 15 is 0 Å². The van der Waals surface area contributed by atoms with Gasteiger partial charge in [-0.1, -0.05) is 0 Å². The smallest absolute Gasteiger partial charge is 0.368 e. The van der Waals surface area contributed by atoms with E-state index in [1.807, 2.05) is 0 Å². The summed E-state index contributed by atoms with van der Waals surface area (Å²) in [5.41, 5.74) is 4.79. The number of hydrogen-bond donors (Lipinski definition) is 1. The molecule has 0 aliphatic carbocycles. The van der Waals surface area contributed by atoms with Crippen LogP contribution in [0.25, 0.3) is 0 Å². The zero-order valence-corrected chi connectivity index (χ0v) is 13.0. The molecule has 0 spiro atoms. The molecule has 4 atom stereocenters. The zero-order valence-electron chi connectivity index (χ0n) is 13.0. The SMILES string of the molecule is CC(=O)OCC1OC(n2ncc(N)nc2=O)C2OC(C)(C)OC12. The number of carbonyl (C=O) groups is 1. The maximum Gasteiger partial charge on any atom is 0.368 e. The van der Waals surface area contributed by atoms with Crippen molar-refractivity contribution >= 4 is 11.8 Å². The molecule has 0 bridgehead atoms. The Kier molecular flexibility index (Phi) is 3.82. The van der Waals surface area contributed by atoms with E-state index in [0.717, 1.165) is 4.68 Å². The van der Waals surface area contributed by atoms with E-state index in [-0.39, 0.29) is 12.4 Å². The summed E-state index contributed by atoms with van der Waals surface area (Å²) in [5.74, 6) is -1.27. The van der Waals surface area contributed by atoms with Crippen LogP contribution < -0.4 is 11.4 Å². The molecule has 2 aliphatic heterocycles. The summed E-state index contributed by atoms with van der Waals surface area (Å²) in [5, 5.41) is 3.95. The van der Waals surface area contributed by atoms with Crippen molar-refractivity contribution in [2.45, 2.75) is 51.1 Å². The fraction of sp³-hybridized carbons (Fsp3) is 0.692. The number of nitrogens with zero attached hydrogens (tertiary/aromatic N) is 3. The Morgan fingerprint density at radius 1 is 1.43 bits per heavy atom. The number of rotatable bonds is 3. The summed E-state index contributed by atoms with van der Waals surface area (Å²) in [6.45, 7) is 4.80. The molecular formula is C13H18N4O6. The molecule has 23 heavy (non-hydrogen) atoms. The third-order valence-electron chi connectivity index (χ3n) is 3.55.